The molecule has 0 atom stereocenters. The average molecular weight is 205 g/mol. The average Bonchev–Trinajstić information content (AvgIpc) is 2.50. The van der Waals surface area contributed by atoms with Crippen LogP contribution < -0.4 is 0 Å². The Kier molecular flexibility index (Phi) is 3.30. The molecule has 0 aromatic rings. The number of hydrogen-bond acceptors (Lipinski definition) is 3. The fourth-order valence-corrected chi connectivity index (χ4v) is 1.94. The van der Waals surface area contributed by atoms with E-state index in [9.17, 15) is 13.2 Å². The molecule has 0 N–H and O–H groups in total. The Hall–Kier alpha value is -0.580. The Morgan fingerprint density at radius 3 is 2.31 bits per heavy atom. The van der Waals surface area contributed by atoms with Gasteiger partial charge in [0.15, 0.2) is 0 Å². The van der Waals surface area contributed by atoms with E-state index in [-0.39, 0.29) is 18.1 Å². The van der Waals surface area contributed by atoms with Crippen LogP contribution in [0.1, 0.15) is 19.3 Å². The molecule has 1 rings (SSSR count). The number of carbonyl (C=O) groups is 1. The number of carbonyl (C=O) groups excluding carboxylic acids is 1. The van der Waals surface area contributed by atoms with E-state index in [2.05, 4.69) is 0 Å². The molecule has 13 heavy (non-hydrogen) atoms. The van der Waals surface area contributed by atoms with E-state index in [4.69, 9.17) is 0 Å². The van der Waals surface area contributed by atoms with Crippen LogP contribution in [-0.2, 0) is 14.6 Å². The molecular weight excluding hydrogens is 190 g/mol. The summed E-state index contributed by atoms with van der Waals surface area (Å²) < 4.78 is 21.6. The van der Waals surface area contributed by atoms with E-state index in [1.807, 2.05) is 0 Å². The summed E-state index contributed by atoms with van der Waals surface area (Å²) in [6.07, 6.45) is 3.39. The second kappa shape index (κ2) is 4.09. The van der Waals surface area contributed by atoms with Crippen molar-refractivity contribution in [1.82, 2.24) is 4.90 Å². The number of hydrogen-bond donors (Lipinski definition) is 0. The number of amides is 1. The molecule has 0 spiro atoms. The highest BCUT2D eigenvalue weighted by atomic mass is 32.2. The zero-order valence-electron chi connectivity index (χ0n) is 7.82. The highest BCUT2D eigenvalue weighted by Gasteiger charge is 2.18. The summed E-state index contributed by atoms with van der Waals surface area (Å²) in [5.41, 5.74) is 0. The van der Waals surface area contributed by atoms with Crippen LogP contribution >= 0.6 is 0 Å². The fraction of sp³-hybridized carbons (Fsp3) is 0.875. The molecule has 76 valence electrons. The van der Waals surface area contributed by atoms with Gasteiger partial charge in [-0.1, -0.05) is 0 Å². The number of nitrogens with zero attached hydrogens (tertiary/aromatic N) is 1. The van der Waals surface area contributed by atoms with Crippen LogP contribution in [0.5, 0.6) is 0 Å². The van der Waals surface area contributed by atoms with Crippen molar-refractivity contribution in [2.24, 2.45) is 0 Å². The summed E-state index contributed by atoms with van der Waals surface area (Å²) in [6.45, 7) is 1.59. The van der Waals surface area contributed by atoms with Gasteiger partial charge in [0, 0.05) is 25.8 Å². The zero-order valence-corrected chi connectivity index (χ0v) is 8.64. The van der Waals surface area contributed by atoms with Crippen LogP contribution in [0.15, 0.2) is 0 Å². The van der Waals surface area contributed by atoms with Gasteiger partial charge < -0.3 is 4.90 Å². The maximum absolute atomic E-state index is 11.4. The first-order chi connectivity index (χ1) is 5.99. The third-order valence-electron chi connectivity index (χ3n) is 2.15. The zero-order chi connectivity index (χ0) is 9.90. The van der Waals surface area contributed by atoms with E-state index >= 15 is 0 Å². The highest BCUT2D eigenvalue weighted by molar-refractivity contribution is 7.90. The van der Waals surface area contributed by atoms with Crippen molar-refractivity contribution in [1.29, 1.82) is 0 Å². The molecule has 4 nitrogen and oxygen atoms in total. The standard InChI is InChI=1S/C8H15NO3S/c1-13(11,12)7-4-8(10)9-5-2-3-6-9/h2-7H2,1H3. The van der Waals surface area contributed by atoms with Crippen LogP contribution in [0.3, 0.4) is 0 Å². The molecule has 0 unspecified atom stereocenters. The molecule has 1 saturated heterocycles. The number of rotatable bonds is 3. The Balaban J connectivity index is 2.33. The molecule has 1 amide bonds. The first-order valence-corrected chi connectivity index (χ1v) is 6.50. The predicted octanol–water partition coefficient (Wildman–Crippen LogP) is 0.0435. The quantitative estimate of drug-likeness (QED) is 0.654. The molecule has 1 aliphatic heterocycles. The van der Waals surface area contributed by atoms with Gasteiger partial charge >= 0.3 is 0 Å². The van der Waals surface area contributed by atoms with Gasteiger partial charge in [-0.15, -0.1) is 0 Å². The topological polar surface area (TPSA) is 54.5 Å². The smallest absolute Gasteiger partial charge is 0.223 e. The summed E-state index contributed by atoms with van der Waals surface area (Å²) in [4.78, 5) is 13.1. The summed E-state index contributed by atoms with van der Waals surface area (Å²) in [7, 11) is -3.00. The first kappa shape index (κ1) is 10.5. The highest BCUT2D eigenvalue weighted by Crippen LogP contribution is 2.09. The maximum Gasteiger partial charge on any atom is 0.223 e. The molecule has 0 aromatic carbocycles. The molecule has 5 heteroatoms. The molecule has 1 aliphatic rings. The predicted molar refractivity (Wildman–Crippen MR) is 50.1 cm³/mol. The Morgan fingerprint density at radius 1 is 1.31 bits per heavy atom. The Bertz CT molecular complexity index is 278. The minimum Gasteiger partial charge on any atom is -0.343 e. The molecule has 0 aliphatic carbocycles. The first-order valence-electron chi connectivity index (χ1n) is 4.44. The van der Waals surface area contributed by atoms with E-state index in [1.165, 1.54) is 0 Å². The molecular formula is C8H15NO3S. The fourth-order valence-electron chi connectivity index (χ4n) is 1.40. The lowest BCUT2D eigenvalue weighted by Gasteiger charge is -2.14. The van der Waals surface area contributed by atoms with Crippen molar-refractivity contribution in [3.05, 3.63) is 0 Å². The van der Waals surface area contributed by atoms with Crippen LogP contribution in [0.4, 0.5) is 0 Å². The minimum absolute atomic E-state index is 0.0251. The van der Waals surface area contributed by atoms with Crippen LogP contribution in [-0.4, -0.2) is 44.3 Å². The van der Waals surface area contributed by atoms with Crippen molar-refractivity contribution in [3.8, 4) is 0 Å². The van der Waals surface area contributed by atoms with Gasteiger partial charge in [-0.3, -0.25) is 4.79 Å². The van der Waals surface area contributed by atoms with Gasteiger partial charge in [-0.25, -0.2) is 8.42 Å². The third-order valence-corrected chi connectivity index (χ3v) is 3.09. The molecule has 1 heterocycles. The van der Waals surface area contributed by atoms with Crippen molar-refractivity contribution in [2.45, 2.75) is 19.3 Å². The van der Waals surface area contributed by atoms with Crippen molar-refractivity contribution >= 4 is 15.7 Å². The Morgan fingerprint density at radius 2 is 1.85 bits per heavy atom. The molecule has 0 aromatic heterocycles. The van der Waals surface area contributed by atoms with Crippen molar-refractivity contribution in [2.75, 3.05) is 25.1 Å². The van der Waals surface area contributed by atoms with Crippen LogP contribution in [0, 0.1) is 0 Å². The largest absolute Gasteiger partial charge is 0.343 e. The van der Waals surface area contributed by atoms with Gasteiger partial charge in [0.1, 0.15) is 9.84 Å². The van der Waals surface area contributed by atoms with Gasteiger partial charge in [-0.05, 0) is 12.8 Å². The van der Waals surface area contributed by atoms with Gasteiger partial charge in [0.2, 0.25) is 5.91 Å². The molecule has 1 fully saturated rings. The lowest BCUT2D eigenvalue weighted by atomic mass is 10.4. The monoisotopic (exact) mass is 205 g/mol. The summed E-state index contributed by atoms with van der Waals surface area (Å²) in [5, 5.41) is 0. The van der Waals surface area contributed by atoms with E-state index in [0.29, 0.717) is 0 Å². The van der Waals surface area contributed by atoms with E-state index in [0.717, 1.165) is 32.2 Å². The third kappa shape index (κ3) is 3.76. The number of likely N-dealkylation sites (tertiary alicyclic amines) is 1. The molecule has 0 radical (unpaired) electrons. The van der Waals surface area contributed by atoms with Gasteiger partial charge in [-0.2, -0.15) is 0 Å². The SMILES string of the molecule is CS(=O)(=O)CCC(=O)N1CCCC1. The molecule has 0 bridgehead atoms. The van der Waals surface area contributed by atoms with Gasteiger partial charge in [0.05, 0.1) is 5.75 Å². The summed E-state index contributed by atoms with van der Waals surface area (Å²) in [6, 6.07) is 0. The summed E-state index contributed by atoms with van der Waals surface area (Å²) in [5.74, 6) is -0.0505. The van der Waals surface area contributed by atoms with Crippen LogP contribution in [0.25, 0.3) is 0 Å². The second-order valence-electron chi connectivity index (χ2n) is 3.47. The normalized spacial score (nSPS) is 17.8. The van der Waals surface area contributed by atoms with Crippen molar-refractivity contribution < 1.29 is 13.2 Å². The maximum atomic E-state index is 11.4. The minimum atomic E-state index is -3.00. The van der Waals surface area contributed by atoms with Crippen molar-refractivity contribution in [3.63, 3.8) is 0 Å². The Labute approximate surface area is 78.8 Å². The van der Waals surface area contributed by atoms with Crippen LogP contribution in [0.2, 0.25) is 0 Å². The summed E-state index contributed by atoms with van der Waals surface area (Å²) >= 11 is 0. The lowest BCUT2D eigenvalue weighted by Crippen LogP contribution is -2.29. The second-order valence-corrected chi connectivity index (χ2v) is 5.73. The van der Waals surface area contributed by atoms with E-state index < -0.39 is 9.84 Å². The van der Waals surface area contributed by atoms with Gasteiger partial charge in [0.25, 0.3) is 0 Å². The molecule has 0 saturated carbocycles. The lowest BCUT2D eigenvalue weighted by molar-refractivity contribution is -0.129. The van der Waals surface area contributed by atoms with E-state index in [1.54, 1.807) is 4.90 Å². The number of sulfone groups is 1.